The number of nitrogens with zero attached hydrogens (tertiary/aromatic N) is 1. The second kappa shape index (κ2) is 6.94. The van der Waals surface area contributed by atoms with Crippen molar-refractivity contribution in [3.8, 4) is 0 Å². The van der Waals surface area contributed by atoms with Crippen LogP contribution < -0.4 is 0 Å². The molecule has 0 aliphatic carbocycles. The highest BCUT2D eigenvalue weighted by Gasteiger charge is 2.07. The first kappa shape index (κ1) is 13.6. The standard InChI is InChI=1S/C13H21NOS/c1-4-16-12-7-5-11(6-8-12)13(15)9-10-14(2)3/h5-8,13,15H,4,9-10H2,1-3H3. The van der Waals surface area contributed by atoms with Gasteiger partial charge in [-0.05, 0) is 44.0 Å². The Bertz CT molecular complexity index is 297. The maximum absolute atomic E-state index is 9.96. The average molecular weight is 239 g/mol. The van der Waals surface area contributed by atoms with E-state index in [4.69, 9.17) is 0 Å². The van der Waals surface area contributed by atoms with Gasteiger partial charge >= 0.3 is 0 Å². The molecule has 1 aromatic rings. The van der Waals surface area contributed by atoms with E-state index in [0.29, 0.717) is 0 Å². The molecule has 16 heavy (non-hydrogen) atoms. The molecule has 0 aromatic heterocycles. The Morgan fingerprint density at radius 3 is 2.38 bits per heavy atom. The van der Waals surface area contributed by atoms with Crippen molar-refractivity contribution in [1.29, 1.82) is 0 Å². The van der Waals surface area contributed by atoms with Crippen LogP contribution in [0.15, 0.2) is 29.2 Å². The maximum atomic E-state index is 9.96. The molecule has 0 saturated carbocycles. The number of hydrogen-bond donors (Lipinski definition) is 1. The topological polar surface area (TPSA) is 23.5 Å². The van der Waals surface area contributed by atoms with Crippen LogP contribution in [0.4, 0.5) is 0 Å². The lowest BCUT2D eigenvalue weighted by molar-refractivity contribution is 0.154. The predicted molar refractivity (Wildman–Crippen MR) is 71.0 cm³/mol. The highest BCUT2D eigenvalue weighted by Crippen LogP contribution is 2.22. The normalized spacial score (nSPS) is 13.1. The summed E-state index contributed by atoms with van der Waals surface area (Å²) in [5.74, 6) is 1.09. The second-order valence-electron chi connectivity index (χ2n) is 4.11. The minimum absolute atomic E-state index is 0.344. The minimum Gasteiger partial charge on any atom is -0.388 e. The van der Waals surface area contributed by atoms with Crippen LogP contribution in [0.3, 0.4) is 0 Å². The van der Waals surface area contributed by atoms with E-state index in [9.17, 15) is 5.11 Å². The summed E-state index contributed by atoms with van der Waals surface area (Å²) in [4.78, 5) is 3.36. The molecule has 0 spiro atoms. The fourth-order valence-corrected chi connectivity index (χ4v) is 2.16. The summed E-state index contributed by atoms with van der Waals surface area (Å²) in [6, 6.07) is 8.22. The molecule has 0 heterocycles. The summed E-state index contributed by atoms with van der Waals surface area (Å²) in [5.41, 5.74) is 1.02. The first-order valence-corrected chi connectivity index (χ1v) is 6.67. The third-order valence-electron chi connectivity index (χ3n) is 2.43. The van der Waals surface area contributed by atoms with Crippen LogP contribution in [0, 0.1) is 0 Å². The molecule has 90 valence electrons. The van der Waals surface area contributed by atoms with E-state index in [0.717, 1.165) is 24.3 Å². The fourth-order valence-electron chi connectivity index (χ4n) is 1.50. The molecule has 0 fully saturated rings. The van der Waals surface area contributed by atoms with E-state index in [-0.39, 0.29) is 6.10 Å². The van der Waals surface area contributed by atoms with E-state index in [1.165, 1.54) is 4.90 Å². The molecule has 0 aliphatic heterocycles. The van der Waals surface area contributed by atoms with Crippen LogP contribution in [0.5, 0.6) is 0 Å². The molecule has 2 nitrogen and oxygen atoms in total. The quantitative estimate of drug-likeness (QED) is 0.772. The van der Waals surface area contributed by atoms with Crippen molar-refractivity contribution in [1.82, 2.24) is 4.90 Å². The van der Waals surface area contributed by atoms with E-state index in [1.54, 1.807) is 0 Å². The molecule has 0 amide bonds. The zero-order valence-corrected chi connectivity index (χ0v) is 11.1. The molecule has 1 unspecified atom stereocenters. The molecule has 1 aromatic carbocycles. The van der Waals surface area contributed by atoms with Gasteiger partial charge in [-0.3, -0.25) is 0 Å². The second-order valence-corrected chi connectivity index (χ2v) is 5.45. The number of thioether (sulfide) groups is 1. The number of hydrogen-bond acceptors (Lipinski definition) is 3. The van der Waals surface area contributed by atoms with E-state index in [1.807, 2.05) is 38.0 Å². The van der Waals surface area contributed by atoms with E-state index in [2.05, 4.69) is 24.0 Å². The average Bonchev–Trinajstić information content (AvgIpc) is 2.27. The molecule has 0 aliphatic rings. The van der Waals surface area contributed by atoms with Crippen molar-refractivity contribution in [2.24, 2.45) is 0 Å². The summed E-state index contributed by atoms with van der Waals surface area (Å²) in [5, 5.41) is 9.96. The lowest BCUT2D eigenvalue weighted by atomic mass is 10.1. The summed E-state index contributed by atoms with van der Waals surface area (Å²) in [7, 11) is 4.04. The first-order valence-electron chi connectivity index (χ1n) is 5.69. The SMILES string of the molecule is CCSc1ccc(C(O)CCN(C)C)cc1. The fraction of sp³-hybridized carbons (Fsp3) is 0.538. The lowest BCUT2D eigenvalue weighted by Gasteiger charge is -2.14. The predicted octanol–water partition coefficient (Wildman–Crippen LogP) is 2.78. The molecule has 1 N–H and O–H groups in total. The van der Waals surface area contributed by atoms with Gasteiger partial charge in [-0.15, -0.1) is 11.8 Å². The van der Waals surface area contributed by atoms with Crippen molar-refractivity contribution >= 4 is 11.8 Å². The van der Waals surface area contributed by atoms with Gasteiger partial charge in [-0.2, -0.15) is 0 Å². The number of rotatable bonds is 6. The van der Waals surface area contributed by atoms with Gasteiger partial charge in [0.15, 0.2) is 0 Å². The third kappa shape index (κ3) is 4.56. The molecule has 0 bridgehead atoms. The zero-order valence-electron chi connectivity index (χ0n) is 10.3. The van der Waals surface area contributed by atoms with Crippen molar-refractivity contribution in [2.45, 2.75) is 24.3 Å². The van der Waals surface area contributed by atoms with Crippen LogP contribution in [-0.2, 0) is 0 Å². The van der Waals surface area contributed by atoms with Crippen LogP contribution in [0.2, 0.25) is 0 Å². The van der Waals surface area contributed by atoms with E-state index >= 15 is 0 Å². The first-order chi connectivity index (χ1) is 7.63. The molecular formula is C13H21NOS. The lowest BCUT2D eigenvalue weighted by Crippen LogP contribution is -2.15. The van der Waals surface area contributed by atoms with Gasteiger partial charge in [-0.1, -0.05) is 19.1 Å². The van der Waals surface area contributed by atoms with Crippen LogP contribution in [0.25, 0.3) is 0 Å². The van der Waals surface area contributed by atoms with Gasteiger partial charge in [0.2, 0.25) is 0 Å². The molecule has 3 heteroatoms. The molecule has 1 atom stereocenters. The highest BCUT2D eigenvalue weighted by molar-refractivity contribution is 7.99. The van der Waals surface area contributed by atoms with E-state index < -0.39 is 0 Å². The maximum Gasteiger partial charge on any atom is 0.0802 e. The Hall–Kier alpha value is -0.510. The zero-order chi connectivity index (χ0) is 12.0. The summed E-state index contributed by atoms with van der Waals surface area (Å²) in [6.45, 7) is 3.05. The smallest absolute Gasteiger partial charge is 0.0802 e. The Morgan fingerprint density at radius 1 is 1.25 bits per heavy atom. The van der Waals surface area contributed by atoms with Gasteiger partial charge in [0.25, 0.3) is 0 Å². The van der Waals surface area contributed by atoms with Gasteiger partial charge in [0.1, 0.15) is 0 Å². The molecule has 1 rings (SSSR count). The third-order valence-corrected chi connectivity index (χ3v) is 3.32. The number of aliphatic hydroxyl groups is 1. The number of aliphatic hydroxyl groups excluding tert-OH is 1. The van der Waals surface area contributed by atoms with Gasteiger partial charge < -0.3 is 10.0 Å². The van der Waals surface area contributed by atoms with Crippen molar-refractivity contribution < 1.29 is 5.11 Å². The Labute approximate surface area is 103 Å². The summed E-state index contributed by atoms with van der Waals surface area (Å²) < 4.78 is 0. The summed E-state index contributed by atoms with van der Waals surface area (Å²) >= 11 is 1.82. The van der Waals surface area contributed by atoms with Gasteiger partial charge in [0.05, 0.1) is 6.10 Å². The Kier molecular flexibility index (Phi) is 5.88. The molecule has 0 saturated heterocycles. The van der Waals surface area contributed by atoms with Crippen molar-refractivity contribution in [3.63, 3.8) is 0 Å². The Morgan fingerprint density at radius 2 is 1.88 bits per heavy atom. The molecule has 0 radical (unpaired) electrons. The number of benzene rings is 1. The van der Waals surface area contributed by atoms with Crippen LogP contribution in [0.1, 0.15) is 25.0 Å². The molecular weight excluding hydrogens is 218 g/mol. The van der Waals surface area contributed by atoms with Crippen molar-refractivity contribution in [3.05, 3.63) is 29.8 Å². The largest absolute Gasteiger partial charge is 0.388 e. The van der Waals surface area contributed by atoms with Crippen LogP contribution in [-0.4, -0.2) is 36.4 Å². The summed E-state index contributed by atoms with van der Waals surface area (Å²) in [6.07, 6.45) is 0.441. The minimum atomic E-state index is -0.344. The van der Waals surface area contributed by atoms with Crippen molar-refractivity contribution in [2.75, 3.05) is 26.4 Å². The van der Waals surface area contributed by atoms with Gasteiger partial charge in [-0.25, -0.2) is 0 Å². The van der Waals surface area contributed by atoms with Gasteiger partial charge in [0, 0.05) is 11.4 Å². The Balaban J connectivity index is 2.52. The monoisotopic (exact) mass is 239 g/mol. The highest BCUT2D eigenvalue weighted by atomic mass is 32.2. The van der Waals surface area contributed by atoms with Crippen LogP contribution >= 0.6 is 11.8 Å².